The van der Waals surface area contributed by atoms with Crippen molar-refractivity contribution >= 4 is 17.5 Å². The first kappa shape index (κ1) is 17.5. The fraction of sp³-hybridized carbons (Fsp3) is 0.381. The van der Waals surface area contributed by atoms with Crippen molar-refractivity contribution < 1.29 is 9.18 Å². The molecule has 26 heavy (non-hydrogen) atoms. The van der Waals surface area contributed by atoms with Gasteiger partial charge in [0.15, 0.2) is 0 Å². The van der Waals surface area contributed by atoms with Gasteiger partial charge in [0, 0.05) is 43.7 Å². The quantitative estimate of drug-likeness (QED) is 0.812. The summed E-state index contributed by atoms with van der Waals surface area (Å²) in [6.45, 7) is 4.23. The van der Waals surface area contributed by atoms with Gasteiger partial charge in [0.1, 0.15) is 5.82 Å². The average molecular weight is 373 g/mol. The fourth-order valence-corrected chi connectivity index (χ4v) is 3.88. The van der Waals surface area contributed by atoms with Gasteiger partial charge in [-0.1, -0.05) is 35.9 Å². The van der Waals surface area contributed by atoms with E-state index in [-0.39, 0.29) is 23.6 Å². The molecule has 136 valence electrons. The molecular formula is C21H22ClFN2O. The first-order valence-electron chi connectivity index (χ1n) is 9.11. The summed E-state index contributed by atoms with van der Waals surface area (Å²) in [4.78, 5) is 17.1. The van der Waals surface area contributed by atoms with Crippen molar-refractivity contribution in [1.29, 1.82) is 0 Å². The Hall–Kier alpha value is -1.91. The molecule has 1 saturated heterocycles. The number of halogens is 2. The first-order chi connectivity index (χ1) is 12.6. The van der Waals surface area contributed by atoms with Crippen LogP contribution >= 0.6 is 11.6 Å². The number of rotatable bonds is 4. The van der Waals surface area contributed by atoms with E-state index in [2.05, 4.69) is 17.0 Å². The summed E-state index contributed by atoms with van der Waals surface area (Å²) in [6.07, 6.45) is 0.884. The van der Waals surface area contributed by atoms with Gasteiger partial charge in [-0.05, 0) is 47.7 Å². The number of carbonyl (C=O) groups excluding carboxylic acids is 1. The molecule has 1 aliphatic heterocycles. The van der Waals surface area contributed by atoms with Crippen LogP contribution in [0.25, 0.3) is 0 Å². The van der Waals surface area contributed by atoms with Gasteiger partial charge >= 0.3 is 0 Å². The minimum atomic E-state index is -0.228. The van der Waals surface area contributed by atoms with Gasteiger partial charge in [0.25, 0.3) is 0 Å². The fourth-order valence-electron chi connectivity index (χ4n) is 3.76. The van der Waals surface area contributed by atoms with Crippen LogP contribution in [-0.2, 0) is 11.3 Å². The van der Waals surface area contributed by atoms with Crippen molar-refractivity contribution in [3.8, 4) is 0 Å². The van der Waals surface area contributed by atoms with Gasteiger partial charge in [-0.15, -0.1) is 0 Å². The standard InChI is InChI=1S/C21H22ClFN2O/c22-17-5-1-15(2-6-17)14-24-9-11-25(12-10-24)21(26)20-13-19(20)16-3-7-18(23)8-4-16/h1-8,19-20H,9-14H2. The number of benzene rings is 2. The predicted molar refractivity (Wildman–Crippen MR) is 101 cm³/mol. The average Bonchev–Trinajstić information content (AvgIpc) is 3.45. The van der Waals surface area contributed by atoms with Crippen molar-refractivity contribution in [3.05, 3.63) is 70.5 Å². The molecule has 0 spiro atoms. The van der Waals surface area contributed by atoms with Gasteiger partial charge in [-0.25, -0.2) is 4.39 Å². The number of hydrogen-bond donors (Lipinski definition) is 0. The van der Waals surface area contributed by atoms with Crippen LogP contribution in [0.4, 0.5) is 4.39 Å². The molecule has 2 atom stereocenters. The third-order valence-corrected chi connectivity index (χ3v) is 5.66. The van der Waals surface area contributed by atoms with Gasteiger partial charge in [-0.3, -0.25) is 9.69 Å². The zero-order valence-corrected chi connectivity index (χ0v) is 15.3. The van der Waals surface area contributed by atoms with E-state index in [0.717, 1.165) is 49.7 Å². The summed E-state index contributed by atoms with van der Waals surface area (Å²) in [7, 11) is 0. The van der Waals surface area contributed by atoms with Gasteiger partial charge < -0.3 is 4.90 Å². The Bertz CT molecular complexity index is 770. The molecule has 1 heterocycles. The molecule has 0 aromatic heterocycles. The molecule has 4 rings (SSSR count). The Kier molecular flexibility index (Phi) is 4.96. The van der Waals surface area contributed by atoms with Gasteiger partial charge in [0.05, 0.1) is 0 Å². The number of amides is 1. The smallest absolute Gasteiger partial charge is 0.226 e. The van der Waals surface area contributed by atoms with Crippen molar-refractivity contribution in [2.75, 3.05) is 26.2 Å². The van der Waals surface area contributed by atoms with Crippen LogP contribution in [0.5, 0.6) is 0 Å². The Labute approximate surface area is 158 Å². The molecule has 1 aliphatic carbocycles. The number of carbonyl (C=O) groups is 1. The largest absolute Gasteiger partial charge is 0.340 e. The normalized spacial score (nSPS) is 23.1. The molecule has 2 aromatic rings. The molecule has 2 aliphatic rings. The van der Waals surface area contributed by atoms with E-state index in [1.165, 1.54) is 17.7 Å². The zero-order chi connectivity index (χ0) is 18.1. The van der Waals surface area contributed by atoms with Crippen LogP contribution in [0.3, 0.4) is 0 Å². The molecule has 0 radical (unpaired) electrons. The van der Waals surface area contributed by atoms with E-state index in [4.69, 9.17) is 11.6 Å². The Morgan fingerprint density at radius 1 is 1.00 bits per heavy atom. The summed E-state index contributed by atoms with van der Waals surface area (Å²) in [6, 6.07) is 14.5. The third kappa shape index (κ3) is 3.92. The van der Waals surface area contributed by atoms with E-state index in [9.17, 15) is 9.18 Å². The maximum absolute atomic E-state index is 13.0. The van der Waals surface area contributed by atoms with E-state index >= 15 is 0 Å². The molecule has 2 fully saturated rings. The highest BCUT2D eigenvalue weighted by Crippen LogP contribution is 2.48. The summed E-state index contributed by atoms with van der Waals surface area (Å²) in [5.74, 6) is 0.359. The SMILES string of the molecule is O=C(C1CC1c1ccc(F)cc1)N1CCN(Cc2ccc(Cl)cc2)CC1. The van der Waals surface area contributed by atoms with Crippen molar-refractivity contribution in [1.82, 2.24) is 9.80 Å². The summed E-state index contributed by atoms with van der Waals surface area (Å²) < 4.78 is 13.0. The molecule has 2 aromatic carbocycles. The molecule has 3 nitrogen and oxygen atoms in total. The highest BCUT2D eigenvalue weighted by molar-refractivity contribution is 6.30. The lowest BCUT2D eigenvalue weighted by Gasteiger charge is -2.35. The lowest BCUT2D eigenvalue weighted by molar-refractivity contribution is -0.134. The monoisotopic (exact) mass is 372 g/mol. The molecule has 0 N–H and O–H groups in total. The second-order valence-corrected chi connectivity index (χ2v) is 7.66. The van der Waals surface area contributed by atoms with E-state index in [1.807, 2.05) is 17.0 Å². The van der Waals surface area contributed by atoms with Crippen LogP contribution in [0.2, 0.25) is 5.02 Å². The Balaban J connectivity index is 1.27. The second kappa shape index (κ2) is 7.37. The van der Waals surface area contributed by atoms with E-state index in [0.29, 0.717) is 0 Å². The number of hydrogen-bond acceptors (Lipinski definition) is 2. The van der Waals surface area contributed by atoms with Crippen LogP contribution < -0.4 is 0 Å². The predicted octanol–water partition coefficient (Wildman–Crippen LogP) is 3.93. The zero-order valence-electron chi connectivity index (χ0n) is 14.6. The van der Waals surface area contributed by atoms with Crippen molar-refractivity contribution in [2.24, 2.45) is 5.92 Å². The minimum absolute atomic E-state index is 0.0725. The van der Waals surface area contributed by atoms with E-state index < -0.39 is 0 Å². The molecule has 1 saturated carbocycles. The lowest BCUT2D eigenvalue weighted by atomic mass is 10.1. The van der Waals surface area contributed by atoms with Crippen LogP contribution in [0.1, 0.15) is 23.5 Å². The highest BCUT2D eigenvalue weighted by atomic mass is 35.5. The first-order valence-corrected chi connectivity index (χ1v) is 9.49. The lowest BCUT2D eigenvalue weighted by Crippen LogP contribution is -2.48. The summed E-state index contributed by atoms with van der Waals surface area (Å²) >= 11 is 5.93. The number of piperazine rings is 1. The Morgan fingerprint density at radius 3 is 2.31 bits per heavy atom. The van der Waals surface area contributed by atoms with Crippen LogP contribution in [-0.4, -0.2) is 41.9 Å². The number of nitrogens with zero attached hydrogens (tertiary/aromatic N) is 2. The summed E-state index contributed by atoms with van der Waals surface area (Å²) in [5.41, 5.74) is 2.32. The van der Waals surface area contributed by atoms with Crippen molar-refractivity contribution in [3.63, 3.8) is 0 Å². The van der Waals surface area contributed by atoms with Gasteiger partial charge in [-0.2, -0.15) is 0 Å². The van der Waals surface area contributed by atoms with Crippen molar-refractivity contribution in [2.45, 2.75) is 18.9 Å². The van der Waals surface area contributed by atoms with Crippen LogP contribution in [0.15, 0.2) is 48.5 Å². The van der Waals surface area contributed by atoms with E-state index in [1.54, 1.807) is 12.1 Å². The highest BCUT2D eigenvalue weighted by Gasteiger charge is 2.46. The van der Waals surface area contributed by atoms with Gasteiger partial charge in [0.2, 0.25) is 5.91 Å². The summed E-state index contributed by atoms with van der Waals surface area (Å²) in [5, 5.41) is 0.754. The minimum Gasteiger partial charge on any atom is -0.340 e. The maximum atomic E-state index is 13.0. The molecule has 2 unspecified atom stereocenters. The molecule has 1 amide bonds. The topological polar surface area (TPSA) is 23.6 Å². The maximum Gasteiger partial charge on any atom is 0.226 e. The Morgan fingerprint density at radius 2 is 1.65 bits per heavy atom. The molecule has 0 bridgehead atoms. The molecule has 5 heteroatoms. The second-order valence-electron chi connectivity index (χ2n) is 7.23. The van der Waals surface area contributed by atoms with Crippen LogP contribution in [0, 0.1) is 11.7 Å². The molecular weight excluding hydrogens is 351 g/mol. The third-order valence-electron chi connectivity index (χ3n) is 5.41.